The van der Waals surface area contributed by atoms with Gasteiger partial charge in [0.05, 0.1) is 6.04 Å². The number of amides is 1. The molecule has 2 rings (SSSR count). The second kappa shape index (κ2) is 3.95. The van der Waals surface area contributed by atoms with Gasteiger partial charge < -0.3 is 15.7 Å². The van der Waals surface area contributed by atoms with Crippen molar-refractivity contribution in [2.24, 2.45) is 28.9 Å². The SMILES string of the molecule is CC(C)C(N)C(=O)N1C[C@H]2[C@@H]([C@H]1C(=O)O)C2(C)C. The smallest absolute Gasteiger partial charge is 0.326 e. The maximum atomic E-state index is 12.2. The van der Waals surface area contributed by atoms with Crippen LogP contribution >= 0.6 is 0 Å². The fraction of sp³-hybridized carbons (Fsp3) is 0.846. The molecule has 1 aliphatic carbocycles. The molecule has 18 heavy (non-hydrogen) atoms. The fourth-order valence-electron chi connectivity index (χ4n) is 3.27. The van der Waals surface area contributed by atoms with E-state index in [1.165, 1.54) is 4.90 Å². The molecule has 0 radical (unpaired) electrons. The molecule has 3 N–H and O–H groups in total. The Kier molecular flexibility index (Phi) is 2.93. The number of carbonyl (C=O) groups is 2. The summed E-state index contributed by atoms with van der Waals surface area (Å²) in [4.78, 5) is 25.1. The topological polar surface area (TPSA) is 83.6 Å². The molecule has 1 aliphatic heterocycles. The summed E-state index contributed by atoms with van der Waals surface area (Å²) in [5.74, 6) is -0.713. The lowest BCUT2D eigenvalue weighted by atomic mass is 9.98. The zero-order valence-electron chi connectivity index (χ0n) is 11.4. The highest BCUT2D eigenvalue weighted by Gasteiger charge is 2.69. The summed E-state index contributed by atoms with van der Waals surface area (Å²) >= 11 is 0. The zero-order chi connectivity index (χ0) is 13.8. The molecule has 0 aromatic carbocycles. The van der Waals surface area contributed by atoms with E-state index < -0.39 is 18.1 Å². The first-order valence-electron chi connectivity index (χ1n) is 6.48. The largest absolute Gasteiger partial charge is 0.480 e. The Bertz CT molecular complexity index is 392. The molecule has 0 bridgehead atoms. The predicted octanol–water partition coefficient (Wildman–Crippen LogP) is 0.537. The molecule has 1 saturated carbocycles. The molecule has 2 fully saturated rings. The number of aliphatic carboxylic acids is 1. The van der Waals surface area contributed by atoms with Gasteiger partial charge in [0.1, 0.15) is 6.04 Å². The molecular weight excluding hydrogens is 232 g/mol. The van der Waals surface area contributed by atoms with Gasteiger partial charge in [-0.15, -0.1) is 0 Å². The summed E-state index contributed by atoms with van der Waals surface area (Å²) in [7, 11) is 0. The van der Waals surface area contributed by atoms with E-state index in [0.717, 1.165) is 0 Å². The van der Waals surface area contributed by atoms with Crippen LogP contribution in [0.25, 0.3) is 0 Å². The summed E-state index contributed by atoms with van der Waals surface area (Å²) in [6.45, 7) is 8.43. The Labute approximate surface area is 107 Å². The van der Waals surface area contributed by atoms with Crippen LogP contribution in [0.15, 0.2) is 0 Å². The number of carboxylic acids is 1. The summed E-state index contributed by atoms with van der Waals surface area (Å²) in [5, 5.41) is 9.35. The molecular formula is C13H22N2O3. The molecule has 0 aromatic rings. The van der Waals surface area contributed by atoms with Crippen LogP contribution in [0.1, 0.15) is 27.7 Å². The number of likely N-dealkylation sites (tertiary alicyclic amines) is 1. The molecule has 1 saturated heterocycles. The van der Waals surface area contributed by atoms with Gasteiger partial charge in [-0.1, -0.05) is 27.7 Å². The zero-order valence-corrected chi connectivity index (χ0v) is 11.4. The molecule has 0 spiro atoms. The van der Waals surface area contributed by atoms with Crippen LogP contribution in [0.3, 0.4) is 0 Å². The number of hydrogen-bond donors (Lipinski definition) is 2. The first-order valence-corrected chi connectivity index (χ1v) is 6.48. The summed E-state index contributed by atoms with van der Waals surface area (Å²) < 4.78 is 0. The Morgan fingerprint density at radius 3 is 2.39 bits per heavy atom. The summed E-state index contributed by atoms with van der Waals surface area (Å²) in [6, 6.07) is -1.30. The van der Waals surface area contributed by atoms with Gasteiger partial charge in [-0.2, -0.15) is 0 Å². The third kappa shape index (κ3) is 1.72. The van der Waals surface area contributed by atoms with Crippen molar-refractivity contribution < 1.29 is 14.7 Å². The number of hydrogen-bond acceptors (Lipinski definition) is 3. The number of nitrogens with zero attached hydrogens (tertiary/aromatic N) is 1. The highest BCUT2D eigenvalue weighted by molar-refractivity contribution is 5.88. The first kappa shape index (κ1) is 13.3. The van der Waals surface area contributed by atoms with Crippen LogP contribution in [0.4, 0.5) is 0 Å². The summed E-state index contributed by atoms with van der Waals surface area (Å²) in [6.07, 6.45) is 0. The van der Waals surface area contributed by atoms with E-state index in [0.29, 0.717) is 12.5 Å². The van der Waals surface area contributed by atoms with Gasteiger partial charge in [-0.25, -0.2) is 4.79 Å². The normalized spacial score (nSPS) is 34.3. The van der Waals surface area contributed by atoms with Gasteiger partial charge >= 0.3 is 5.97 Å². The third-order valence-electron chi connectivity index (χ3n) is 4.75. The van der Waals surface area contributed by atoms with E-state index in [9.17, 15) is 14.7 Å². The predicted molar refractivity (Wildman–Crippen MR) is 66.7 cm³/mol. The Morgan fingerprint density at radius 1 is 1.39 bits per heavy atom. The monoisotopic (exact) mass is 254 g/mol. The van der Waals surface area contributed by atoms with E-state index in [1.807, 2.05) is 13.8 Å². The van der Waals surface area contributed by atoms with Crippen LogP contribution in [0.5, 0.6) is 0 Å². The Hall–Kier alpha value is -1.10. The van der Waals surface area contributed by atoms with Gasteiger partial charge in [0.15, 0.2) is 0 Å². The second-order valence-corrected chi connectivity index (χ2v) is 6.50. The quantitative estimate of drug-likeness (QED) is 0.770. The van der Waals surface area contributed by atoms with Crippen molar-refractivity contribution in [3.05, 3.63) is 0 Å². The molecule has 5 heteroatoms. The van der Waals surface area contributed by atoms with Crippen molar-refractivity contribution in [1.29, 1.82) is 0 Å². The highest BCUT2D eigenvalue weighted by Crippen LogP contribution is 2.64. The average Bonchev–Trinajstić information content (AvgIpc) is 2.65. The fourth-order valence-corrected chi connectivity index (χ4v) is 3.27. The maximum absolute atomic E-state index is 12.2. The van der Waals surface area contributed by atoms with Crippen LogP contribution in [0, 0.1) is 23.2 Å². The van der Waals surface area contributed by atoms with E-state index in [-0.39, 0.29) is 23.2 Å². The molecule has 5 nitrogen and oxygen atoms in total. The molecule has 1 unspecified atom stereocenters. The minimum absolute atomic E-state index is 0.0249. The minimum Gasteiger partial charge on any atom is -0.480 e. The van der Waals surface area contributed by atoms with Gasteiger partial charge in [0, 0.05) is 12.5 Å². The van der Waals surface area contributed by atoms with Crippen molar-refractivity contribution in [2.75, 3.05) is 6.54 Å². The molecule has 0 aromatic heterocycles. The van der Waals surface area contributed by atoms with E-state index in [4.69, 9.17) is 5.73 Å². The second-order valence-electron chi connectivity index (χ2n) is 6.50. The number of rotatable bonds is 3. The number of piperidine rings is 1. The summed E-state index contributed by atoms with van der Waals surface area (Å²) in [5.41, 5.74) is 5.89. The number of nitrogens with two attached hydrogens (primary N) is 1. The van der Waals surface area contributed by atoms with Gasteiger partial charge in [0.2, 0.25) is 5.91 Å². The van der Waals surface area contributed by atoms with Gasteiger partial charge in [-0.3, -0.25) is 4.79 Å². The van der Waals surface area contributed by atoms with Crippen LogP contribution < -0.4 is 5.73 Å². The van der Waals surface area contributed by atoms with E-state index in [2.05, 4.69) is 13.8 Å². The van der Waals surface area contributed by atoms with E-state index in [1.54, 1.807) is 0 Å². The highest BCUT2D eigenvalue weighted by atomic mass is 16.4. The van der Waals surface area contributed by atoms with Crippen LogP contribution in [-0.4, -0.2) is 40.5 Å². The molecule has 2 aliphatic rings. The molecule has 1 amide bonds. The maximum Gasteiger partial charge on any atom is 0.326 e. The molecule has 4 atom stereocenters. The van der Waals surface area contributed by atoms with Gasteiger partial charge in [0.25, 0.3) is 0 Å². The molecule has 1 heterocycles. The lowest BCUT2D eigenvalue weighted by molar-refractivity contribution is -0.151. The molecule has 102 valence electrons. The van der Waals surface area contributed by atoms with Crippen molar-refractivity contribution in [3.63, 3.8) is 0 Å². The third-order valence-corrected chi connectivity index (χ3v) is 4.75. The standard InChI is InChI=1S/C13H22N2O3/c1-6(2)9(14)11(16)15-5-7-8(13(7,3)4)10(15)12(17)18/h6-10H,5,14H2,1-4H3,(H,17,18)/t7-,8-,9?,10-/m0/s1. The number of carbonyl (C=O) groups excluding carboxylic acids is 1. The van der Waals surface area contributed by atoms with Crippen LogP contribution in [-0.2, 0) is 9.59 Å². The van der Waals surface area contributed by atoms with Crippen LogP contribution in [0.2, 0.25) is 0 Å². The van der Waals surface area contributed by atoms with Crippen molar-refractivity contribution in [1.82, 2.24) is 4.90 Å². The average molecular weight is 254 g/mol. The lowest BCUT2D eigenvalue weighted by Crippen LogP contribution is -2.52. The van der Waals surface area contributed by atoms with E-state index >= 15 is 0 Å². The number of carboxylic acid groups (broad SMARTS) is 1. The minimum atomic E-state index is -0.905. The van der Waals surface area contributed by atoms with Crippen molar-refractivity contribution in [2.45, 2.75) is 39.8 Å². The lowest BCUT2D eigenvalue weighted by Gasteiger charge is -2.31. The Balaban J connectivity index is 2.17. The Morgan fingerprint density at radius 2 is 1.94 bits per heavy atom. The van der Waals surface area contributed by atoms with Crippen molar-refractivity contribution in [3.8, 4) is 0 Å². The number of fused-ring (bicyclic) bond motifs is 1. The van der Waals surface area contributed by atoms with Crippen molar-refractivity contribution >= 4 is 11.9 Å². The first-order chi connectivity index (χ1) is 8.19. The van der Waals surface area contributed by atoms with Gasteiger partial charge in [-0.05, 0) is 17.3 Å².